The normalized spacial score (nSPS) is 13.6. The van der Waals surface area contributed by atoms with Gasteiger partial charge >= 0.3 is 0 Å². The van der Waals surface area contributed by atoms with Crippen LogP contribution in [0.3, 0.4) is 0 Å². The standard InChI is InChI=1S/C14H12N2O3/c17-13-4-1-9-7-11(2-3-12(9)16-13)15-14(18)10-5-6-19-8-10/h2-3,5-8H,1,4H2,(H,15,18)(H,16,17). The van der Waals surface area contributed by atoms with E-state index in [1.807, 2.05) is 6.07 Å². The monoisotopic (exact) mass is 256 g/mol. The molecule has 0 saturated heterocycles. The third-order valence-corrected chi connectivity index (χ3v) is 3.04. The van der Waals surface area contributed by atoms with E-state index in [0.717, 1.165) is 11.3 Å². The van der Waals surface area contributed by atoms with Crippen LogP contribution >= 0.6 is 0 Å². The molecule has 0 bridgehead atoms. The van der Waals surface area contributed by atoms with Gasteiger partial charge in [0.2, 0.25) is 5.91 Å². The number of anilines is 2. The first kappa shape index (κ1) is 11.5. The van der Waals surface area contributed by atoms with E-state index in [-0.39, 0.29) is 11.8 Å². The summed E-state index contributed by atoms with van der Waals surface area (Å²) >= 11 is 0. The Kier molecular flexibility index (Phi) is 2.79. The molecule has 0 unspecified atom stereocenters. The van der Waals surface area contributed by atoms with Gasteiger partial charge in [0.1, 0.15) is 6.26 Å². The highest BCUT2D eigenvalue weighted by molar-refractivity contribution is 6.04. The molecule has 5 nitrogen and oxygen atoms in total. The number of carbonyl (C=O) groups excluding carboxylic acids is 2. The third-order valence-electron chi connectivity index (χ3n) is 3.04. The number of fused-ring (bicyclic) bond motifs is 1. The number of rotatable bonds is 2. The predicted octanol–water partition coefficient (Wildman–Crippen LogP) is 2.42. The van der Waals surface area contributed by atoms with Gasteiger partial charge in [-0.05, 0) is 36.2 Å². The number of amides is 2. The Morgan fingerprint density at radius 1 is 1.26 bits per heavy atom. The van der Waals surface area contributed by atoms with Gasteiger partial charge in [-0.2, -0.15) is 0 Å². The predicted molar refractivity (Wildman–Crippen MR) is 70.1 cm³/mol. The van der Waals surface area contributed by atoms with Crippen LogP contribution in [0.15, 0.2) is 41.2 Å². The first-order valence-electron chi connectivity index (χ1n) is 5.99. The number of hydrogen-bond acceptors (Lipinski definition) is 3. The molecule has 0 saturated carbocycles. The summed E-state index contributed by atoms with van der Waals surface area (Å²) in [5.41, 5.74) is 3.04. The van der Waals surface area contributed by atoms with Crippen LogP contribution < -0.4 is 10.6 Å². The van der Waals surface area contributed by atoms with Crippen LogP contribution in [0, 0.1) is 0 Å². The van der Waals surface area contributed by atoms with E-state index in [1.165, 1.54) is 12.5 Å². The van der Waals surface area contributed by atoms with Crippen LogP contribution in [0.5, 0.6) is 0 Å². The molecule has 0 atom stereocenters. The Bertz CT molecular complexity index is 632. The molecular weight excluding hydrogens is 244 g/mol. The maximum Gasteiger partial charge on any atom is 0.258 e. The van der Waals surface area contributed by atoms with E-state index in [0.29, 0.717) is 24.1 Å². The van der Waals surface area contributed by atoms with Gasteiger partial charge in [-0.1, -0.05) is 0 Å². The van der Waals surface area contributed by atoms with Crippen molar-refractivity contribution in [1.82, 2.24) is 0 Å². The first-order valence-corrected chi connectivity index (χ1v) is 5.99. The summed E-state index contributed by atoms with van der Waals surface area (Å²) in [6, 6.07) is 7.06. The van der Waals surface area contributed by atoms with Crippen molar-refractivity contribution in [3.05, 3.63) is 47.9 Å². The van der Waals surface area contributed by atoms with Gasteiger partial charge in [0, 0.05) is 17.8 Å². The van der Waals surface area contributed by atoms with Gasteiger partial charge in [0.25, 0.3) is 5.91 Å². The van der Waals surface area contributed by atoms with Gasteiger partial charge in [0.15, 0.2) is 0 Å². The van der Waals surface area contributed by atoms with Gasteiger partial charge in [-0.25, -0.2) is 0 Å². The summed E-state index contributed by atoms with van der Waals surface area (Å²) in [6.45, 7) is 0. The lowest BCUT2D eigenvalue weighted by Gasteiger charge is -2.17. The minimum atomic E-state index is -0.214. The quantitative estimate of drug-likeness (QED) is 0.866. The Labute approximate surface area is 109 Å². The van der Waals surface area contributed by atoms with Crippen molar-refractivity contribution < 1.29 is 14.0 Å². The van der Waals surface area contributed by atoms with Gasteiger partial charge < -0.3 is 15.1 Å². The fourth-order valence-electron chi connectivity index (χ4n) is 2.06. The fraction of sp³-hybridized carbons (Fsp3) is 0.143. The topological polar surface area (TPSA) is 71.3 Å². The average molecular weight is 256 g/mol. The lowest BCUT2D eigenvalue weighted by atomic mass is 10.0. The van der Waals surface area contributed by atoms with Gasteiger partial charge in [0.05, 0.1) is 11.8 Å². The fourth-order valence-corrected chi connectivity index (χ4v) is 2.06. The van der Waals surface area contributed by atoms with Crippen molar-refractivity contribution in [3.8, 4) is 0 Å². The number of carbonyl (C=O) groups is 2. The average Bonchev–Trinajstić information content (AvgIpc) is 2.93. The van der Waals surface area contributed by atoms with E-state index in [2.05, 4.69) is 10.6 Å². The van der Waals surface area contributed by atoms with Gasteiger partial charge in [-0.15, -0.1) is 0 Å². The second-order valence-electron chi connectivity index (χ2n) is 4.39. The molecule has 5 heteroatoms. The molecule has 1 aromatic heterocycles. The zero-order valence-electron chi connectivity index (χ0n) is 10.1. The van der Waals surface area contributed by atoms with Crippen LogP contribution in [-0.2, 0) is 11.2 Å². The highest BCUT2D eigenvalue weighted by atomic mass is 16.3. The lowest BCUT2D eigenvalue weighted by molar-refractivity contribution is -0.116. The van der Waals surface area contributed by atoms with Crippen molar-refractivity contribution in [3.63, 3.8) is 0 Å². The smallest absolute Gasteiger partial charge is 0.258 e. The number of aryl methyl sites for hydroxylation is 1. The van der Waals surface area contributed by atoms with E-state index in [1.54, 1.807) is 18.2 Å². The molecule has 1 aliphatic heterocycles. The van der Waals surface area contributed by atoms with Crippen molar-refractivity contribution in [2.75, 3.05) is 10.6 Å². The molecule has 1 aromatic carbocycles. The van der Waals surface area contributed by atoms with Crippen LogP contribution in [-0.4, -0.2) is 11.8 Å². The number of hydrogen-bond donors (Lipinski definition) is 2. The molecule has 2 amide bonds. The molecule has 0 radical (unpaired) electrons. The summed E-state index contributed by atoms with van der Waals surface area (Å²) in [5, 5.41) is 5.60. The molecule has 0 fully saturated rings. The third kappa shape index (κ3) is 2.35. The lowest BCUT2D eigenvalue weighted by Crippen LogP contribution is -2.19. The molecule has 2 N–H and O–H groups in total. The van der Waals surface area contributed by atoms with Crippen molar-refractivity contribution >= 4 is 23.2 Å². The molecule has 19 heavy (non-hydrogen) atoms. The van der Waals surface area contributed by atoms with E-state index in [9.17, 15) is 9.59 Å². The summed E-state index contributed by atoms with van der Waals surface area (Å²) < 4.78 is 4.87. The number of nitrogens with one attached hydrogen (secondary N) is 2. The van der Waals surface area contributed by atoms with Crippen molar-refractivity contribution in [2.24, 2.45) is 0 Å². The summed E-state index contributed by atoms with van der Waals surface area (Å²) in [7, 11) is 0. The number of furan rings is 1. The highest BCUT2D eigenvalue weighted by Crippen LogP contribution is 2.25. The minimum Gasteiger partial charge on any atom is -0.472 e. The van der Waals surface area contributed by atoms with Crippen molar-refractivity contribution in [2.45, 2.75) is 12.8 Å². The Balaban J connectivity index is 1.79. The first-order chi connectivity index (χ1) is 9.22. The summed E-state index contributed by atoms with van der Waals surface area (Å²) in [4.78, 5) is 23.1. The maximum absolute atomic E-state index is 11.9. The Morgan fingerprint density at radius 3 is 2.95 bits per heavy atom. The highest BCUT2D eigenvalue weighted by Gasteiger charge is 2.15. The van der Waals surface area contributed by atoms with Crippen LogP contribution in [0.1, 0.15) is 22.3 Å². The van der Waals surface area contributed by atoms with Gasteiger partial charge in [-0.3, -0.25) is 9.59 Å². The second kappa shape index (κ2) is 4.61. The summed E-state index contributed by atoms with van der Waals surface area (Å²) in [6.07, 6.45) is 4.02. The summed E-state index contributed by atoms with van der Waals surface area (Å²) in [5.74, 6) is -0.184. The molecule has 0 aliphatic carbocycles. The molecule has 1 aliphatic rings. The number of benzene rings is 1. The maximum atomic E-state index is 11.9. The van der Waals surface area contributed by atoms with Crippen molar-refractivity contribution in [1.29, 1.82) is 0 Å². The van der Waals surface area contributed by atoms with E-state index < -0.39 is 0 Å². The zero-order valence-corrected chi connectivity index (χ0v) is 10.1. The molecule has 0 spiro atoms. The Hall–Kier alpha value is -2.56. The molecular formula is C14H12N2O3. The minimum absolute atomic E-state index is 0.0303. The molecule has 2 heterocycles. The molecule has 96 valence electrons. The van der Waals surface area contributed by atoms with Crippen LogP contribution in [0.4, 0.5) is 11.4 Å². The van der Waals surface area contributed by atoms with E-state index in [4.69, 9.17) is 4.42 Å². The largest absolute Gasteiger partial charge is 0.472 e. The van der Waals surface area contributed by atoms with Crippen LogP contribution in [0.2, 0.25) is 0 Å². The molecule has 3 rings (SSSR count). The van der Waals surface area contributed by atoms with Crippen LogP contribution in [0.25, 0.3) is 0 Å². The Morgan fingerprint density at radius 2 is 2.16 bits per heavy atom. The van der Waals surface area contributed by atoms with E-state index >= 15 is 0 Å². The zero-order chi connectivity index (χ0) is 13.2. The SMILES string of the molecule is O=C1CCc2cc(NC(=O)c3ccoc3)ccc2N1. The second-order valence-corrected chi connectivity index (χ2v) is 4.39. The molecule has 2 aromatic rings.